The average Bonchev–Trinajstić information content (AvgIpc) is 1.86. The van der Waals surface area contributed by atoms with Crippen molar-refractivity contribution in [1.82, 2.24) is 0 Å². The standard InChI is InChI=1S/C2H5O2PS/c6-5-3-1-2-4-5/h5H,1-2H2. The van der Waals surface area contributed by atoms with Gasteiger partial charge in [0.05, 0.1) is 13.2 Å². The van der Waals surface area contributed by atoms with E-state index in [4.69, 9.17) is 9.05 Å². The summed E-state index contributed by atoms with van der Waals surface area (Å²) < 4.78 is 9.69. The van der Waals surface area contributed by atoms with Gasteiger partial charge < -0.3 is 9.05 Å². The van der Waals surface area contributed by atoms with Gasteiger partial charge in [0.25, 0.3) is 0 Å². The monoisotopic (exact) mass is 124 g/mol. The van der Waals surface area contributed by atoms with Gasteiger partial charge in [-0.2, -0.15) is 0 Å². The summed E-state index contributed by atoms with van der Waals surface area (Å²) in [7, 11) is -1.17. The first-order valence-corrected chi connectivity index (χ1v) is 4.14. The highest BCUT2D eigenvalue weighted by molar-refractivity contribution is 8.00. The van der Waals surface area contributed by atoms with E-state index in [0.29, 0.717) is 13.2 Å². The van der Waals surface area contributed by atoms with E-state index in [1.165, 1.54) is 0 Å². The van der Waals surface area contributed by atoms with E-state index in [-0.39, 0.29) is 0 Å². The molecule has 0 radical (unpaired) electrons. The third-order valence-electron chi connectivity index (χ3n) is 0.523. The minimum atomic E-state index is -1.17. The SMILES string of the molecule is S=[PH]1OCCO1. The molecule has 1 rings (SSSR count). The maximum Gasteiger partial charge on any atom is 0.176 e. The van der Waals surface area contributed by atoms with Crippen molar-refractivity contribution in [3.63, 3.8) is 0 Å². The normalized spacial score (nSPS) is 25.3. The highest BCUT2D eigenvalue weighted by Gasteiger charge is 2.01. The Kier molecular flexibility index (Phi) is 1.60. The summed E-state index contributed by atoms with van der Waals surface area (Å²) in [5, 5.41) is 0. The Morgan fingerprint density at radius 2 is 1.83 bits per heavy atom. The summed E-state index contributed by atoms with van der Waals surface area (Å²) in [5.74, 6) is 0. The van der Waals surface area contributed by atoms with Gasteiger partial charge in [-0.05, 0) is 11.8 Å². The summed E-state index contributed by atoms with van der Waals surface area (Å²) >= 11 is 4.66. The predicted molar refractivity (Wildman–Crippen MR) is 27.6 cm³/mol. The molecule has 1 heterocycles. The van der Waals surface area contributed by atoms with Crippen molar-refractivity contribution in [3.8, 4) is 0 Å². The van der Waals surface area contributed by atoms with Crippen molar-refractivity contribution < 1.29 is 9.05 Å². The van der Waals surface area contributed by atoms with E-state index in [0.717, 1.165) is 0 Å². The molecular formula is C2H5O2PS. The lowest BCUT2D eigenvalue weighted by molar-refractivity contribution is 0.365. The van der Waals surface area contributed by atoms with Crippen molar-refractivity contribution >= 4 is 19.0 Å². The van der Waals surface area contributed by atoms with Gasteiger partial charge in [-0.25, -0.2) is 0 Å². The van der Waals surface area contributed by atoms with Crippen LogP contribution in [0.5, 0.6) is 0 Å². The van der Waals surface area contributed by atoms with Crippen LogP contribution < -0.4 is 0 Å². The molecule has 1 fully saturated rings. The summed E-state index contributed by atoms with van der Waals surface area (Å²) in [6.45, 7) is 1.41. The van der Waals surface area contributed by atoms with Gasteiger partial charge in [0.2, 0.25) is 0 Å². The molecule has 0 saturated carbocycles. The zero-order valence-corrected chi connectivity index (χ0v) is 4.96. The molecule has 0 aliphatic carbocycles. The van der Waals surface area contributed by atoms with Gasteiger partial charge >= 0.3 is 0 Å². The van der Waals surface area contributed by atoms with Crippen LogP contribution in [0, 0.1) is 0 Å². The van der Waals surface area contributed by atoms with Gasteiger partial charge in [-0.3, -0.25) is 0 Å². The quantitative estimate of drug-likeness (QED) is 0.439. The maximum absolute atomic E-state index is 4.85. The van der Waals surface area contributed by atoms with Crippen LogP contribution in [0.15, 0.2) is 0 Å². The molecule has 0 aromatic carbocycles. The molecule has 1 aliphatic rings. The molecule has 6 heavy (non-hydrogen) atoms. The summed E-state index contributed by atoms with van der Waals surface area (Å²) in [4.78, 5) is 0. The molecule has 4 heteroatoms. The Balaban J connectivity index is 2.37. The van der Waals surface area contributed by atoms with E-state index in [9.17, 15) is 0 Å². The second kappa shape index (κ2) is 2.03. The molecule has 0 aromatic heterocycles. The fraction of sp³-hybridized carbons (Fsp3) is 1.00. The molecular weight excluding hydrogens is 119 g/mol. The topological polar surface area (TPSA) is 18.5 Å². The lowest BCUT2D eigenvalue weighted by Crippen LogP contribution is -1.79. The molecule has 1 aliphatic heterocycles. The first-order valence-electron chi connectivity index (χ1n) is 1.69. The van der Waals surface area contributed by atoms with Crippen LogP contribution in [0.25, 0.3) is 0 Å². The molecule has 0 amide bonds. The second-order valence-corrected chi connectivity index (χ2v) is 3.02. The molecule has 36 valence electrons. The van der Waals surface area contributed by atoms with Gasteiger partial charge in [-0.15, -0.1) is 0 Å². The molecule has 0 spiro atoms. The number of rotatable bonds is 0. The van der Waals surface area contributed by atoms with Gasteiger partial charge in [0, 0.05) is 0 Å². The zero-order valence-electron chi connectivity index (χ0n) is 3.14. The van der Waals surface area contributed by atoms with Gasteiger partial charge in [0.15, 0.2) is 7.15 Å². The van der Waals surface area contributed by atoms with Crippen LogP contribution in [-0.2, 0) is 20.9 Å². The Labute approximate surface area is 42.0 Å². The molecule has 0 bridgehead atoms. The Morgan fingerprint density at radius 3 is 2.00 bits per heavy atom. The minimum absolute atomic E-state index is 0.706. The van der Waals surface area contributed by atoms with E-state index in [1.54, 1.807) is 0 Å². The van der Waals surface area contributed by atoms with Gasteiger partial charge in [-0.1, -0.05) is 0 Å². The Hall–Kier alpha value is 0.570. The Bertz CT molecular complexity index is 65.9. The van der Waals surface area contributed by atoms with Crippen LogP contribution in [0.2, 0.25) is 0 Å². The molecule has 0 atom stereocenters. The van der Waals surface area contributed by atoms with E-state index in [1.807, 2.05) is 0 Å². The highest BCUT2D eigenvalue weighted by atomic mass is 32.4. The fourth-order valence-electron chi connectivity index (χ4n) is 0.292. The predicted octanol–water partition coefficient (Wildman–Crippen LogP) is 0.539. The van der Waals surface area contributed by atoms with Crippen molar-refractivity contribution in [2.75, 3.05) is 13.2 Å². The molecule has 0 unspecified atom stereocenters. The molecule has 2 nitrogen and oxygen atoms in total. The van der Waals surface area contributed by atoms with Crippen LogP contribution in [0.1, 0.15) is 0 Å². The van der Waals surface area contributed by atoms with Crippen LogP contribution >= 0.6 is 7.15 Å². The molecule has 0 N–H and O–H groups in total. The number of hydrogen-bond acceptors (Lipinski definition) is 3. The fourth-order valence-corrected chi connectivity index (χ4v) is 1.38. The lowest BCUT2D eigenvalue weighted by atomic mass is 10.8. The molecule has 0 aromatic rings. The second-order valence-electron chi connectivity index (χ2n) is 0.947. The van der Waals surface area contributed by atoms with Crippen molar-refractivity contribution in [3.05, 3.63) is 0 Å². The third-order valence-corrected chi connectivity index (χ3v) is 2.11. The van der Waals surface area contributed by atoms with Crippen LogP contribution in [-0.4, -0.2) is 13.2 Å². The molecule has 1 saturated heterocycles. The number of hydrogen-bond donors (Lipinski definition) is 0. The minimum Gasteiger partial charge on any atom is -0.329 e. The van der Waals surface area contributed by atoms with E-state index >= 15 is 0 Å². The van der Waals surface area contributed by atoms with Crippen LogP contribution in [0.4, 0.5) is 0 Å². The summed E-state index contributed by atoms with van der Waals surface area (Å²) in [6, 6.07) is 0. The highest BCUT2D eigenvalue weighted by Crippen LogP contribution is 2.28. The third kappa shape index (κ3) is 1.02. The Morgan fingerprint density at radius 1 is 1.33 bits per heavy atom. The van der Waals surface area contributed by atoms with E-state index in [2.05, 4.69) is 11.8 Å². The first-order chi connectivity index (χ1) is 2.89. The smallest absolute Gasteiger partial charge is 0.176 e. The largest absolute Gasteiger partial charge is 0.329 e. The maximum atomic E-state index is 4.85. The van der Waals surface area contributed by atoms with Crippen molar-refractivity contribution in [2.45, 2.75) is 0 Å². The van der Waals surface area contributed by atoms with Crippen molar-refractivity contribution in [2.24, 2.45) is 0 Å². The zero-order chi connectivity index (χ0) is 4.41. The van der Waals surface area contributed by atoms with Crippen molar-refractivity contribution in [1.29, 1.82) is 0 Å². The summed E-state index contributed by atoms with van der Waals surface area (Å²) in [6.07, 6.45) is 0. The average molecular weight is 124 g/mol. The summed E-state index contributed by atoms with van der Waals surface area (Å²) in [5.41, 5.74) is 0. The van der Waals surface area contributed by atoms with E-state index < -0.39 is 7.15 Å². The lowest BCUT2D eigenvalue weighted by Gasteiger charge is -1.83. The van der Waals surface area contributed by atoms with Gasteiger partial charge in [0.1, 0.15) is 0 Å². The first kappa shape index (κ1) is 4.72. The van der Waals surface area contributed by atoms with Crippen LogP contribution in [0.3, 0.4) is 0 Å².